The van der Waals surface area contributed by atoms with Crippen LogP contribution in [-0.2, 0) is 26.1 Å². The molecule has 1 saturated carbocycles. The maximum absolute atomic E-state index is 13.4. The summed E-state index contributed by atoms with van der Waals surface area (Å²) in [7, 11) is 3.38. The third-order valence-corrected chi connectivity index (χ3v) is 6.95. The zero-order valence-corrected chi connectivity index (χ0v) is 19.7. The summed E-state index contributed by atoms with van der Waals surface area (Å²) in [6, 6.07) is 7.14. The van der Waals surface area contributed by atoms with Gasteiger partial charge in [-0.3, -0.25) is 14.3 Å². The Morgan fingerprint density at radius 1 is 1.24 bits per heavy atom. The van der Waals surface area contributed by atoms with Crippen LogP contribution in [0.15, 0.2) is 35.2 Å². The molecule has 0 atom stereocenters. The number of fused-ring (bicyclic) bond motifs is 1. The molecule has 33 heavy (non-hydrogen) atoms. The van der Waals surface area contributed by atoms with Crippen LogP contribution in [-0.4, -0.2) is 57.1 Å². The quantitative estimate of drug-likeness (QED) is 0.535. The highest BCUT2D eigenvalue weighted by Crippen LogP contribution is 2.33. The van der Waals surface area contributed by atoms with E-state index in [1.165, 1.54) is 24.2 Å². The van der Waals surface area contributed by atoms with Gasteiger partial charge in [0.25, 0.3) is 11.8 Å². The summed E-state index contributed by atoms with van der Waals surface area (Å²) in [5, 5.41) is 6.71. The van der Waals surface area contributed by atoms with E-state index in [1.54, 1.807) is 48.8 Å². The van der Waals surface area contributed by atoms with Crippen molar-refractivity contribution in [2.75, 3.05) is 20.7 Å². The van der Waals surface area contributed by atoms with Gasteiger partial charge in [-0.25, -0.2) is 4.98 Å². The number of rotatable bonds is 7. The molecule has 172 valence electrons. The van der Waals surface area contributed by atoms with Crippen LogP contribution in [0.2, 0.25) is 0 Å². The van der Waals surface area contributed by atoms with E-state index in [0.717, 1.165) is 23.5 Å². The normalized spacial score (nSPS) is 15.3. The lowest BCUT2D eigenvalue weighted by Crippen LogP contribution is -2.37. The first-order chi connectivity index (χ1) is 16.0. The zero-order chi connectivity index (χ0) is 22.9. The first-order valence-electron chi connectivity index (χ1n) is 11.2. The number of carbonyl (C=O) groups excluding carboxylic acids is 2. The number of nitrogens with zero attached hydrogens (tertiary/aromatic N) is 5. The van der Waals surface area contributed by atoms with Gasteiger partial charge in [0.05, 0.1) is 31.4 Å². The lowest BCUT2D eigenvalue weighted by Gasteiger charge is -2.28. The minimum Gasteiger partial charge on any atom is -0.497 e. The van der Waals surface area contributed by atoms with Crippen molar-refractivity contribution in [1.29, 1.82) is 0 Å². The third-order valence-electron chi connectivity index (χ3n) is 6.32. The van der Waals surface area contributed by atoms with Gasteiger partial charge in [0.1, 0.15) is 5.75 Å². The number of carbonyl (C=O) groups is 2. The minimum atomic E-state index is -0.132. The summed E-state index contributed by atoms with van der Waals surface area (Å²) >= 11 is 1.51. The van der Waals surface area contributed by atoms with Crippen LogP contribution in [0.1, 0.15) is 50.6 Å². The van der Waals surface area contributed by atoms with Crippen molar-refractivity contribution in [1.82, 2.24) is 24.6 Å². The first kappa shape index (κ1) is 21.6. The van der Waals surface area contributed by atoms with Gasteiger partial charge >= 0.3 is 0 Å². The van der Waals surface area contributed by atoms with Gasteiger partial charge in [-0.05, 0) is 43.0 Å². The standard InChI is InChI=1S/C24H27N5O3S/c1-27(12-18-14-33-15-25-18)24(31)22-20-13-28(23(30)17-5-7-19(32-2)8-6-17)10-9-21(20)29(26-22)11-16-3-4-16/h5-8,14-16H,3-4,9-13H2,1-2H3. The van der Waals surface area contributed by atoms with E-state index in [9.17, 15) is 9.59 Å². The molecule has 2 aliphatic rings. The Kier molecular flexibility index (Phi) is 5.88. The van der Waals surface area contributed by atoms with Crippen LogP contribution >= 0.6 is 11.3 Å². The van der Waals surface area contributed by atoms with Crippen LogP contribution in [0.25, 0.3) is 0 Å². The molecule has 1 aliphatic heterocycles. The molecule has 9 heteroatoms. The molecule has 0 bridgehead atoms. The molecular formula is C24H27N5O3S. The molecule has 2 amide bonds. The van der Waals surface area contributed by atoms with Crippen LogP contribution < -0.4 is 4.74 Å². The molecular weight excluding hydrogens is 438 g/mol. The van der Waals surface area contributed by atoms with Crippen LogP contribution in [0.4, 0.5) is 0 Å². The molecule has 3 heterocycles. The predicted molar refractivity (Wildman–Crippen MR) is 124 cm³/mol. The summed E-state index contributed by atoms with van der Waals surface area (Å²) in [6.45, 7) is 2.27. The van der Waals surface area contributed by atoms with Gasteiger partial charge in [-0.1, -0.05) is 0 Å². The van der Waals surface area contributed by atoms with Crippen LogP contribution in [0, 0.1) is 5.92 Å². The van der Waals surface area contributed by atoms with Gasteiger partial charge < -0.3 is 14.5 Å². The molecule has 0 spiro atoms. The molecule has 8 nitrogen and oxygen atoms in total. The maximum Gasteiger partial charge on any atom is 0.274 e. The molecule has 1 aliphatic carbocycles. The van der Waals surface area contributed by atoms with Crippen molar-refractivity contribution in [3.05, 3.63) is 63.4 Å². The molecule has 3 aromatic rings. The highest BCUT2D eigenvalue weighted by atomic mass is 32.1. The van der Waals surface area contributed by atoms with Gasteiger partial charge in [-0.2, -0.15) is 5.10 Å². The van der Waals surface area contributed by atoms with Crippen molar-refractivity contribution < 1.29 is 14.3 Å². The number of ether oxygens (including phenoxy) is 1. The second-order valence-corrected chi connectivity index (χ2v) is 9.46. The average molecular weight is 466 g/mol. The molecule has 1 aromatic carbocycles. The second kappa shape index (κ2) is 8.97. The van der Waals surface area contributed by atoms with E-state index >= 15 is 0 Å². The van der Waals surface area contributed by atoms with Crippen LogP contribution in [0.3, 0.4) is 0 Å². The number of methoxy groups -OCH3 is 1. The fourth-order valence-electron chi connectivity index (χ4n) is 4.26. The smallest absolute Gasteiger partial charge is 0.274 e. The van der Waals surface area contributed by atoms with Crippen LogP contribution in [0.5, 0.6) is 5.75 Å². The third kappa shape index (κ3) is 4.50. The Hall–Kier alpha value is -3.20. The van der Waals surface area contributed by atoms with E-state index in [-0.39, 0.29) is 11.8 Å². The molecule has 2 aromatic heterocycles. The number of benzene rings is 1. The Labute approximate surface area is 196 Å². The number of amides is 2. The Morgan fingerprint density at radius 2 is 2.03 bits per heavy atom. The average Bonchev–Trinajstić information content (AvgIpc) is 3.38. The summed E-state index contributed by atoms with van der Waals surface area (Å²) in [6.07, 6.45) is 3.12. The molecule has 0 N–H and O–H groups in total. The number of aromatic nitrogens is 3. The van der Waals surface area contributed by atoms with Crippen molar-refractivity contribution >= 4 is 23.2 Å². The molecule has 0 saturated heterocycles. The summed E-state index contributed by atoms with van der Waals surface area (Å²) < 4.78 is 7.22. The number of thiazole rings is 1. The molecule has 0 unspecified atom stereocenters. The van der Waals surface area contributed by atoms with Crippen molar-refractivity contribution in [3.8, 4) is 5.75 Å². The van der Waals surface area contributed by atoms with Gasteiger partial charge in [0, 0.05) is 48.8 Å². The largest absolute Gasteiger partial charge is 0.497 e. The Bertz CT molecular complexity index is 1150. The fourth-order valence-corrected chi connectivity index (χ4v) is 4.81. The second-order valence-electron chi connectivity index (χ2n) is 8.75. The van der Waals surface area contributed by atoms with Crippen molar-refractivity contribution in [2.24, 2.45) is 5.92 Å². The van der Waals surface area contributed by atoms with E-state index in [1.807, 2.05) is 15.0 Å². The highest BCUT2D eigenvalue weighted by Gasteiger charge is 2.33. The monoisotopic (exact) mass is 465 g/mol. The Morgan fingerprint density at radius 3 is 2.70 bits per heavy atom. The number of hydrogen-bond donors (Lipinski definition) is 0. The van der Waals surface area contributed by atoms with E-state index in [0.29, 0.717) is 49.0 Å². The van der Waals surface area contributed by atoms with E-state index in [4.69, 9.17) is 9.84 Å². The number of hydrogen-bond acceptors (Lipinski definition) is 6. The van der Waals surface area contributed by atoms with E-state index < -0.39 is 0 Å². The van der Waals surface area contributed by atoms with Gasteiger partial charge in [-0.15, -0.1) is 11.3 Å². The first-order valence-corrected chi connectivity index (χ1v) is 12.1. The lowest BCUT2D eigenvalue weighted by molar-refractivity contribution is 0.0721. The SMILES string of the molecule is COc1ccc(C(=O)N2CCc3c(c(C(=O)N(C)Cc4cscn4)nn3CC3CC3)C2)cc1. The summed E-state index contributed by atoms with van der Waals surface area (Å²) in [4.78, 5) is 34.3. The molecule has 5 rings (SSSR count). The molecule has 0 radical (unpaired) electrons. The summed E-state index contributed by atoms with van der Waals surface area (Å²) in [5.41, 5.74) is 5.65. The van der Waals surface area contributed by atoms with Gasteiger partial charge in [0.15, 0.2) is 5.69 Å². The summed E-state index contributed by atoms with van der Waals surface area (Å²) in [5.74, 6) is 1.17. The van der Waals surface area contributed by atoms with E-state index in [2.05, 4.69) is 4.98 Å². The maximum atomic E-state index is 13.4. The topological polar surface area (TPSA) is 80.6 Å². The Balaban J connectivity index is 1.40. The van der Waals surface area contributed by atoms with Crippen molar-refractivity contribution in [3.63, 3.8) is 0 Å². The van der Waals surface area contributed by atoms with Gasteiger partial charge in [0.2, 0.25) is 0 Å². The lowest BCUT2D eigenvalue weighted by atomic mass is 10.0. The fraction of sp³-hybridized carbons (Fsp3) is 0.417. The predicted octanol–water partition coefficient (Wildman–Crippen LogP) is 3.23. The highest BCUT2D eigenvalue weighted by molar-refractivity contribution is 7.07. The molecule has 1 fully saturated rings. The van der Waals surface area contributed by atoms with Crippen molar-refractivity contribution in [2.45, 2.75) is 38.9 Å². The zero-order valence-electron chi connectivity index (χ0n) is 18.9. The minimum absolute atomic E-state index is 0.0486.